The van der Waals surface area contributed by atoms with Crippen molar-refractivity contribution in [2.75, 3.05) is 5.32 Å². The summed E-state index contributed by atoms with van der Waals surface area (Å²) in [4.78, 5) is 12.1. The van der Waals surface area contributed by atoms with Crippen LogP contribution in [-0.2, 0) is 4.79 Å². The highest BCUT2D eigenvalue weighted by atomic mass is 35.5. The molecule has 1 amide bonds. The van der Waals surface area contributed by atoms with Crippen molar-refractivity contribution in [1.29, 1.82) is 0 Å². The number of hydrogen-bond donors (Lipinski definition) is 2. The molecule has 0 aliphatic heterocycles. The molecule has 3 nitrogen and oxygen atoms in total. The van der Waals surface area contributed by atoms with Crippen LogP contribution in [0.4, 0.5) is 5.69 Å². The van der Waals surface area contributed by atoms with Crippen molar-refractivity contribution in [2.24, 2.45) is 5.73 Å². The van der Waals surface area contributed by atoms with Crippen molar-refractivity contribution in [3.63, 3.8) is 0 Å². The first kappa shape index (κ1) is 14.9. The van der Waals surface area contributed by atoms with E-state index in [4.69, 9.17) is 28.9 Å². The molecule has 2 aromatic rings. The minimum absolute atomic E-state index is 0.335. The summed E-state index contributed by atoms with van der Waals surface area (Å²) in [5.74, 6) is -0.335. The molecule has 0 fully saturated rings. The van der Waals surface area contributed by atoms with Gasteiger partial charge in [0.25, 0.3) is 0 Å². The molecule has 0 aromatic heterocycles. The number of carbonyl (C=O) groups excluding carboxylic acids is 1. The predicted octanol–water partition coefficient (Wildman–Crippen LogP) is 3.94. The Hall–Kier alpha value is -1.55. The SMILES string of the molecule is Cc1cc(Cl)c(NC(=O)[C@H](N)c2ccccc2)cc1Cl. The third-order valence-electron chi connectivity index (χ3n) is 2.95. The number of anilines is 1. The van der Waals surface area contributed by atoms with E-state index in [2.05, 4.69) is 5.32 Å². The van der Waals surface area contributed by atoms with Crippen molar-refractivity contribution in [1.82, 2.24) is 0 Å². The average Bonchev–Trinajstić information content (AvgIpc) is 2.44. The van der Waals surface area contributed by atoms with Crippen LogP contribution < -0.4 is 11.1 Å². The molecule has 0 saturated heterocycles. The van der Waals surface area contributed by atoms with E-state index in [0.717, 1.165) is 11.1 Å². The third-order valence-corrected chi connectivity index (χ3v) is 3.67. The summed E-state index contributed by atoms with van der Waals surface area (Å²) in [5.41, 5.74) is 7.96. The molecular formula is C15H14Cl2N2O. The summed E-state index contributed by atoms with van der Waals surface area (Å²) in [6.45, 7) is 1.84. The maximum atomic E-state index is 12.1. The Morgan fingerprint density at radius 3 is 2.45 bits per heavy atom. The molecule has 5 heteroatoms. The van der Waals surface area contributed by atoms with Crippen LogP contribution in [0.15, 0.2) is 42.5 Å². The molecule has 2 rings (SSSR count). The van der Waals surface area contributed by atoms with Crippen molar-refractivity contribution in [3.05, 3.63) is 63.6 Å². The summed E-state index contributed by atoms with van der Waals surface area (Å²) in [6.07, 6.45) is 0. The summed E-state index contributed by atoms with van der Waals surface area (Å²) in [7, 11) is 0. The van der Waals surface area contributed by atoms with Crippen molar-refractivity contribution >= 4 is 34.8 Å². The maximum absolute atomic E-state index is 12.1. The second-order valence-electron chi connectivity index (χ2n) is 4.46. The predicted molar refractivity (Wildman–Crippen MR) is 83.2 cm³/mol. The van der Waals surface area contributed by atoms with Gasteiger partial charge in [0.15, 0.2) is 0 Å². The smallest absolute Gasteiger partial charge is 0.245 e. The van der Waals surface area contributed by atoms with Gasteiger partial charge in [-0.15, -0.1) is 0 Å². The molecule has 0 spiro atoms. The van der Waals surface area contributed by atoms with Crippen LogP contribution in [0.3, 0.4) is 0 Å². The number of carbonyl (C=O) groups is 1. The Morgan fingerprint density at radius 1 is 1.15 bits per heavy atom. The Kier molecular flexibility index (Phi) is 4.65. The van der Waals surface area contributed by atoms with Gasteiger partial charge < -0.3 is 11.1 Å². The second-order valence-corrected chi connectivity index (χ2v) is 5.27. The van der Waals surface area contributed by atoms with E-state index in [1.165, 1.54) is 0 Å². The number of amides is 1. The van der Waals surface area contributed by atoms with Crippen LogP contribution in [0.1, 0.15) is 17.2 Å². The van der Waals surface area contributed by atoms with Crippen molar-refractivity contribution < 1.29 is 4.79 Å². The molecule has 0 aliphatic carbocycles. The Bertz CT molecular complexity index is 629. The lowest BCUT2D eigenvalue weighted by atomic mass is 10.1. The minimum Gasteiger partial charge on any atom is -0.323 e. The highest BCUT2D eigenvalue weighted by molar-refractivity contribution is 6.36. The van der Waals surface area contributed by atoms with Gasteiger partial charge in [0.05, 0.1) is 10.7 Å². The second kappa shape index (κ2) is 6.27. The molecule has 3 N–H and O–H groups in total. The Balaban J connectivity index is 2.18. The third kappa shape index (κ3) is 3.31. The zero-order valence-corrected chi connectivity index (χ0v) is 12.4. The number of rotatable bonds is 3. The molecule has 20 heavy (non-hydrogen) atoms. The van der Waals surface area contributed by atoms with Gasteiger partial charge in [0, 0.05) is 5.02 Å². The first-order valence-electron chi connectivity index (χ1n) is 6.06. The van der Waals surface area contributed by atoms with Gasteiger partial charge in [0.2, 0.25) is 5.91 Å². The number of nitrogens with one attached hydrogen (secondary N) is 1. The van der Waals surface area contributed by atoms with Gasteiger partial charge in [-0.25, -0.2) is 0 Å². The highest BCUT2D eigenvalue weighted by Crippen LogP contribution is 2.29. The number of halogens is 2. The van der Waals surface area contributed by atoms with E-state index >= 15 is 0 Å². The standard InChI is InChI=1S/C15H14Cl2N2O/c1-9-7-12(17)13(8-11(9)16)19-15(20)14(18)10-5-3-2-4-6-10/h2-8,14H,18H2,1H3,(H,19,20)/t14-/m1/s1. The van der Waals surface area contributed by atoms with Crippen LogP contribution in [0.5, 0.6) is 0 Å². The Morgan fingerprint density at radius 2 is 1.80 bits per heavy atom. The van der Waals surface area contributed by atoms with E-state index in [1.807, 2.05) is 25.1 Å². The van der Waals surface area contributed by atoms with Gasteiger partial charge in [-0.3, -0.25) is 4.79 Å². The molecule has 0 radical (unpaired) electrons. The van der Waals surface area contributed by atoms with Gasteiger partial charge in [-0.1, -0.05) is 53.5 Å². The number of aryl methyl sites for hydroxylation is 1. The van der Waals surface area contributed by atoms with Crippen LogP contribution in [0, 0.1) is 6.92 Å². The quantitative estimate of drug-likeness (QED) is 0.902. The molecule has 0 unspecified atom stereocenters. The Labute approximate surface area is 127 Å². The number of benzene rings is 2. The summed E-state index contributed by atoms with van der Waals surface area (Å²) < 4.78 is 0. The lowest BCUT2D eigenvalue weighted by Crippen LogP contribution is -2.27. The van der Waals surface area contributed by atoms with E-state index in [-0.39, 0.29) is 5.91 Å². The molecule has 0 heterocycles. The lowest BCUT2D eigenvalue weighted by Gasteiger charge is -2.14. The fraction of sp³-hybridized carbons (Fsp3) is 0.133. The first-order chi connectivity index (χ1) is 9.49. The minimum atomic E-state index is -0.757. The topological polar surface area (TPSA) is 55.1 Å². The van der Waals surface area contributed by atoms with Gasteiger partial charge >= 0.3 is 0 Å². The zero-order valence-electron chi connectivity index (χ0n) is 10.9. The highest BCUT2D eigenvalue weighted by Gasteiger charge is 2.17. The summed E-state index contributed by atoms with van der Waals surface area (Å²) >= 11 is 12.1. The number of hydrogen-bond acceptors (Lipinski definition) is 2. The van der Waals surface area contributed by atoms with Crippen molar-refractivity contribution in [2.45, 2.75) is 13.0 Å². The molecule has 0 saturated carbocycles. The fourth-order valence-corrected chi connectivity index (χ4v) is 2.19. The molecule has 2 aromatic carbocycles. The molecule has 0 aliphatic rings. The van der Waals surface area contributed by atoms with E-state index < -0.39 is 6.04 Å². The normalized spacial score (nSPS) is 12.0. The lowest BCUT2D eigenvalue weighted by molar-refractivity contribution is -0.117. The zero-order chi connectivity index (χ0) is 14.7. The molecule has 104 valence electrons. The van der Waals surface area contributed by atoms with Gasteiger partial charge in [0.1, 0.15) is 6.04 Å². The first-order valence-corrected chi connectivity index (χ1v) is 6.81. The molecule has 0 bridgehead atoms. The van der Waals surface area contributed by atoms with Crippen LogP contribution >= 0.6 is 23.2 Å². The largest absolute Gasteiger partial charge is 0.323 e. The van der Waals surface area contributed by atoms with Crippen LogP contribution in [0.2, 0.25) is 10.0 Å². The average molecular weight is 309 g/mol. The molecule has 1 atom stereocenters. The summed E-state index contributed by atoms with van der Waals surface area (Å²) in [6, 6.07) is 11.7. The van der Waals surface area contributed by atoms with Gasteiger partial charge in [-0.05, 0) is 30.2 Å². The number of nitrogens with two attached hydrogens (primary N) is 1. The monoisotopic (exact) mass is 308 g/mol. The van der Waals surface area contributed by atoms with Crippen LogP contribution in [0.25, 0.3) is 0 Å². The summed E-state index contributed by atoms with van der Waals surface area (Å²) in [5, 5.41) is 3.67. The van der Waals surface area contributed by atoms with Crippen LogP contribution in [-0.4, -0.2) is 5.91 Å². The van der Waals surface area contributed by atoms with Gasteiger partial charge in [-0.2, -0.15) is 0 Å². The van der Waals surface area contributed by atoms with E-state index in [1.54, 1.807) is 24.3 Å². The van der Waals surface area contributed by atoms with E-state index in [0.29, 0.717) is 15.7 Å². The molecular weight excluding hydrogens is 295 g/mol. The maximum Gasteiger partial charge on any atom is 0.245 e. The fourth-order valence-electron chi connectivity index (χ4n) is 1.76. The van der Waals surface area contributed by atoms with E-state index in [9.17, 15) is 4.79 Å². The van der Waals surface area contributed by atoms with Crippen molar-refractivity contribution in [3.8, 4) is 0 Å².